The maximum Gasteiger partial charge on any atom is 0.253 e. The third-order valence-electron chi connectivity index (χ3n) is 4.59. The van der Waals surface area contributed by atoms with Crippen LogP contribution in [0.4, 0.5) is 0 Å². The number of benzene rings is 1. The molecule has 25 heavy (non-hydrogen) atoms. The summed E-state index contributed by atoms with van der Waals surface area (Å²) >= 11 is 1.57. The van der Waals surface area contributed by atoms with Crippen LogP contribution in [0, 0.1) is 6.92 Å². The van der Waals surface area contributed by atoms with Crippen molar-refractivity contribution < 1.29 is 9.32 Å². The molecule has 3 aromatic rings. The number of nitrogens with zero attached hydrogens (tertiary/aromatic N) is 4. The quantitative estimate of drug-likeness (QED) is 0.706. The van der Waals surface area contributed by atoms with Gasteiger partial charge in [0, 0.05) is 30.6 Å². The predicted octanol–water partition coefficient (Wildman–Crippen LogP) is 3.04. The van der Waals surface area contributed by atoms with Gasteiger partial charge < -0.3 is 14.3 Å². The van der Waals surface area contributed by atoms with Crippen LogP contribution in [0.2, 0.25) is 0 Å². The summed E-state index contributed by atoms with van der Waals surface area (Å²) in [6.45, 7) is 5.45. The van der Waals surface area contributed by atoms with E-state index in [4.69, 9.17) is 4.52 Å². The van der Waals surface area contributed by atoms with E-state index in [1.807, 2.05) is 35.4 Å². The maximum atomic E-state index is 12.9. The number of hydrogen-bond donors (Lipinski definition) is 0. The minimum Gasteiger partial charge on any atom is -0.356 e. The number of amides is 1. The van der Waals surface area contributed by atoms with Gasteiger partial charge in [-0.3, -0.25) is 4.79 Å². The maximum absolute atomic E-state index is 12.9. The molecule has 0 N–H and O–H groups in total. The second-order valence-electron chi connectivity index (χ2n) is 6.44. The van der Waals surface area contributed by atoms with Crippen molar-refractivity contribution in [1.29, 1.82) is 0 Å². The number of fused-ring (bicyclic) bond motifs is 1. The van der Waals surface area contributed by atoms with Crippen LogP contribution >= 0.6 is 11.3 Å². The highest BCUT2D eigenvalue weighted by Gasteiger charge is 2.21. The van der Waals surface area contributed by atoms with Crippen LogP contribution < -0.4 is 0 Å². The van der Waals surface area contributed by atoms with Gasteiger partial charge in [-0.05, 0) is 45.1 Å². The Labute approximate surface area is 150 Å². The molecule has 0 unspecified atom stereocenters. The molecule has 0 spiro atoms. The lowest BCUT2D eigenvalue weighted by molar-refractivity contribution is 0.0763. The average molecular weight is 356 g/mol. The van der Waals surface area contributed by atoms with Crippen LogP contribution in [0.5, 0.6) is 0 Å². The molecule has 0 atom stereocenters. The van der Waals surface area contributed by atoms with Crippen molar-refractivity contribution >= 4 is 28.2 Å². The number of carbonyl (C=O) groups is 1. The smallest absolute Gasteiger partial charge is 0.253 e. The third-order valence-corrected chi connectivity index (χ3v) is 5.36. The molecular weight excluding hydrogens is 336 g/mol. The molecule has 1 aromatic carbocycles. The molecule has 1 aliphatic heterocycles. The van der Waals surface area contributed by atoms with Gasteiger partial charge in [-0.1, -0.05) is 5.16 Å². The first-order chi connectivity index (χ1) is 12.1. The fraction of sp³-hybridized carbons (Fsp3) is 0.389. The Morgan fingerprint density at radius 2 is 2.12 bits per heavy atom. The summed E-state index contributed by atoms with van der Waals surface area (Å²) in [4.78, 5) is 21.6. The normalized spacial score (nSPS) is 16.3. The van der Waals surface area contributed by atoms with E-state index in [1.54, 1.807) is 11.3 Å². The molecule has 1 aliphatic rings. The lowest BCUT2D eigenvalue weighted by atomic mass is 10.1. The highest BCUT2D eigenvalue weighted by Crippen LogP contribution is 2.29. The molecule has 3 heterocycles. The summed E-state index contributed by atoms with van der Waals surface area (Å²) in [7, 11) is 2.10. The molecule has 1 amide bonds. The topological polar surface area (TPSA) is 62.5 Å². The van der Waals surface area contributed by atoms with Gasteiger partial charge in [0.2, 0.25) is 0 Å². The predicted molar refractivity (Wildman–Crippen MR) is 97.9 cm³/mol. The van der Waals surface area contributed by atoms with Crippen LogP contribution in [-0.2, 0) is 0 Å². The van der Waals surface area contributed by atoms with Crippen molar-refractivity contribution in [3.8, 4) is 11.4 Å². The van der Waals surface area contributed by atoms with E-state index in [2.05, 4.69) is 22.1 Å². The number of carbonyl (C=O) groups excluding carboxylic acids is 1. The molecule has 0 bridgehead atoms. The summed E-state index contributed by atoms with van der Waals surface area (Å²) in [5.41, 5.74) is 2.84. The first-order valence-electron chi connectivity index (χ1n) is 8.41. The summed E-state index contributed by atoms with van der Waals surface area (Å²) in [5.74, 6) is 0.0683. The lowest BCUT2D eigenvalue weighted by Gasteiger charge is -2.20. The Hall–Kier alpha value is -2.25. The minimum absolute atomic E-state index is 0.0683. The van der Waals surface area contributed by atoms with Gasteiger partial charge in [0.25, 0.3) is 5.91 Å². The Morgan fingerprint density at radius 1 is 1.24 bits per heavy atom. The second-order valence-corrected chi connectivity index (χ2v) is 7.51. The Morgan fingerprint density at radius 3 is 2.92 bits per heavy atom. The Kier molecular flexibility index (Phi) is 4.27. The first kappa shape index (κ1) is 16.2. The second kappa shape index (κ2) is 6.57. The number of hydrogen-bond acceptors (Lipinski definition) is 6. The highest BCUT2D eigenvalue weighted by molar-refractivity contribution is 7.09. The zero-order chi connectivity index (χ0) is 17.4. The van der Waals surface area contributed by atoms with Crippen molar-refractivity contribution in [2.75, 3.05) is 33.2 Å². The zero-order valence-corrected chi connectivity index (χ0v) is 15.2. The number of rotatable bonds is 2. The molecule has 2 aromatic heterocycles. The summed E-state index contributed by atoms with van der Waals surface area (Å²) in [5, 5.41) is 7.93. The van der Waals surface area contributed by atoms with Crippen LogP contribution in [-0.4, -0.2) is 59.1 Å². The van der Waals surface area contributed by atoms with E-state index in [-0.39, 0.29) is 5.91 Å². The largest absolute Gasteiger partial charge is 0.356 e. The summed E-state index contributed by atoms with van der Waals surface area (Å²) < 4.78 is 5.41. The van der Waals surface area contributed by atoms with Gasteiger partial charge in [-0.15, -0.1) is 11.3 Å². The summed E-state index contributed by atoms with van der Waals surface area (Å²) in [6, 6.07) is 5.52. The zero-order valence-electron chi connectivity index (χ0n) is 14.4. The molecule has 0 saturated carbocycles. The number of likely N-dealkylation sites (N-methyl/N-ethyl adjacent to an activating group) is 1. The fourth-order valence-electron chi connectivity index (χ4n) is 3.16. The van der Waals surface area contributed by atoms with E-state index in [0.29, 0.717) is 16.8 Å². The number of thiazole rings is 1. The minimum atomic E-state index is 0.0683. The van der Waals surface area contributed by atoms with Gasteiger partial charge in [0.05, 0.1) is 10.4 Å². The van der Waals surface area contributed by atoms with E-state index >= 15 is 0 Å². The molecule has 4 rings (SSSR count). The number of aromatic nitrogens is 2. The first-order valence-corrected chi connectivity index (χ1v) is 9.29. The average Bonchev–Trinajstić information content (AvgIpc) is 3.16. The fourth-order valence-corrected chi connectivity index (χ4v) is 3.76. The van der Waals surface area contributed by atoms with Crippen LogP contribution in [0.3, 0.4) is 0 Å². The van der Waals surface area contributed by atoms with Crippen molar-refractivity contribution in [3.05, 3.63) is 34.2 Å². The van der Waals surface area contributed by atoms with Gasteiger partial charge in [0.15, 0.2) is 5.58 Å². The van der Waals surface area contributed by atoms with Crippen molar-refractivity contribution in [2.24, 2.45) is 0 Å². The van der Waals surface area contributed by atoms with Gasteiger partial charge >= 0.3 is 0 Å². The molecule has 0 radical (unpaired) electrons. The molecule has 1 saturated heterocycles. The van der Waals surface area contributed by atoms with E-state index in [0.717, 1.165) is 48.7 Å². The standard InChI is InChI=1S/C18H20N4O2S/c1-12-19-15(11-25-12)17-14-10-13(4-5-16(14)24-20-17)18(23)22-7-3-6-21(2)8-9-22/h4-5,10-11H,3,6-9H2,1-2H3. The van der Waals surface area contributed by atoms with E-state index in [1.165, 1.54) is 0 Å². The lowest BCUT2D eigenvalue weighted by Crippen LogP contribution is -2.34. The van der Waals surface area contributed by atoms with Gasteiger partial charge in [0.1, 0.15) is 11.4 Å². The highest BCUT2D eigenvalue weighted by atomic mass is 32.1. The molecule has 1 fully saturated rings. The van der Waals surface area contributed by atoms with Crippen molar-refractivity contribution in [3.63, 3.8) is 0 Å². The monoisotopic (exact) mass is 356 g/mol. The van der Waals surface area contributed by atoms with E-state index < -0.39 is 0 Å². The molecule has 0 aliphatic carbocycles. The third kappa shape index (κ3) is 3.17. The molecular formula is C18H20N4O2S. The van der Waals surface area contributed by atoms with E-state index in [9.17, 15) is 4.79 Å². The van der Waals surface area contributed by atoms with Crippen LogP contribution in [0.25, 0.3) is 22.4 Å². The van der Waals surface area contributed by atoms with Crippen molar-refractivity contribution in [1.82, 2.24) is 19.9 Å². The Bertz CT molecular complexity index is 917. The van der Waals surface area contributed by atoms with Gasteiger partial charge in [-0.25, -0.2) is 4.98 Å². The SMILES string of the molecule is Cc1nc(-c2noc3ccc(C(=O)N4CCCN(C)CC4)cc23)cs1. The Balaban J connectivity index is 1.67. The van der Waals surface area contributed by atoms with Crippen LogP contribution in [0.15, 0.2) is 28.1 Å². The molecule has 7 heteroatoms. The molecule has 6 nitrogen and oxygen atoms in total. The molecule has 130 valence electrons. The van der Waals surface area contributed by atoms with Gasteiger partial charge in [-0.2, -0.15) is 0 Å². The summed E-state index contributed by atoms with van der Waals surface area (Å²) in [6.07, 6.45) is 1.00. The van der Waals surface area contributed by atoms with Crippen molar-refractivity contribution in [2.45, 2.75) is 13.3 Å². The number of aryl methyl sites for hydroxylation is 1. The van der Waals surface area contributed by atoms with Crippen LogP contribution in [0.1, 0.15) is 21.8 Å².